The van der Waals surface area contributed by atoms with Gasteiger partial charge < -0.3 is 16.8 Å². The van der Waals surface area contributed by atoms with E-state index in [0.717, 1.165) is 22.3 Å². The maximum Gasteiger partial charge on any atom is 0.228 e. The fourth-order valence-corrected chi connectivity index (χ4v) is 3.71. The topological polar surface area (TPSA) is 125 Å². The van der Waals surface area contributed by atoms with Crippen molar-refractivity contribution in [2.24, 2.45) is 0 Å². The molecule has 3 aromatic heterocycles. The Morgan fingerprint density at radius 3 is 2.48 bits per heavy atom. The molecule has 0 radical (unpaired) electrons. The van der Waals surface area contributed by atoms with Crippen molar-refractivity contribution in [2.45, 2.75) is 6.42 Å². The average Bonchev–Trinajstić information content (AvgIpc) is 3.19. The van der Waals surface area contributed by atoms with Gasteiger partial charge >= 0.3 is 0 Å². The number of hydrogen-bond acceptors (Lipinski definition) is 6. The van der Waals surface area contributed by atoms with Crippen molar-refractivity contribution in [3.8, 4) is 17.1 Å². The molecule has 33 heavy (non-hydrogen) atoms. The van der Waals surface area contributed by atoms with E-state index in [1.54, 1.807) is 36.7 Å². The Balaban J connectivity index is 1.46. The number of fused-ring (bicyclic) bond motifs is 1. The third-order valence-electron chi connectivity index (χ3n) is 5.23. The summed E-state index contributed by atoms with van der Waals surface area (Å²) >= 11 is 0. The van der Waals surface area contributed by atoms with Crippen molar-refractivity contribution < 1.29 is 4.79 Å². The number of nitrogens with one attached hydrogen (secondary N) is 1. The molecule has 162 valence electrons. The normalized spacial score (nSPS) is 10.9. The molecule has 8 heteroatoms. The number of rotatable bonds is 5. The van der Waals surface area contributed by atoms with Crippen LogP contribution in [0.1, 0.15) is 5.56 Å². The monoisotopic (exact) mass is 435 g/mol. The highest BCUT2D eigenvalue weighted by atomic mass is 16.1. The number of pyridine rings is 2. The Morgan fingerprint density at radius 2 is 1.70 bits per heavy atom. The van der Waals surface area contributed by atoms with Gasteiger partial charge in [-0.05, 0) is 60.2 Å². The van der Waals surface area contributed by atoms with Gasteiger partial charge in [-0.1, -0.05) is 18.2 Å². The minimum Gasteiger partial charge on any atom is -0.399 e. The molecular formula is C25H21N7O. The number of hydrogen-bond donors (Lipinski definition) is 3. The van der Waals surface area contributed by atoms with Crippen LogP contribution in [0.4, 0.5) is 17.2 Å². The van der Waals surface area contributed by atoms with E-state index < -0.39 is 0 Å². The average molecular weight is 435 g/mol. The predicted molar refractivity (Wildman–Crippen MR) is 130 cm³/mol. The van der Waals surface area contributed by atoms with Gasteiger partial charge in [-0.3, -0.25) is 9.36 Å². The third-order valence-corrected chi connectivity index (χ3v) is 5.23. The van der Waals surface area contributed by atoms with E-state index in [0.29, 0.717) is 28.7 Å². The van der Waals surface area contributed by atoms with Crippen LogP contribution in [0.3, 0.4) is 0 Å². The molecule has 5 N–H and O–H groups in total. The number of imidazole rings is 1. The van der Waals surface area contributed by atoms with E-state index in [4.69, 9.17) is 16.5 Å². The van der Waals surface area contributed by atoms with Crippen molar-refractivity contribution in [3.05, 3.63) is 90.8 Å². The lowest BCUT2D eigenvalue weighted by Gasteiger charge is -2.11. The molecule has 0 fully saturated rings. The van der Waals surface area contributed by atoms with Crippen LogP contribution in [-0.2, 0) is 11.2 Å². The maximum absolute atomic E-state index is 12.5. The Hall–Kier alpha value is -4.72. The van der Waals surface area contributed by atoms with Gasteiger partial charge in [0.1, 0.15) is 11.3 Å². The molecule has 5 aromatic rings. The summed E-state index contributed by atoms with van der Waals surface area (Å²) in [7, 11) is 0. The third kappa shape index (κ3) is 4.09. The first kappa shape index (κ1) is 20.2. The van der Waals surface area contributed by atoms with Crippen molar-refractivity contribution in [1.82, 2.24) is 19.5 Å². The summed E-state index contributed by atoms with van der Waals surface area (Å²) in [6.07, 6.45) is 3.61. The molecule has 0 saturated carbocycles. The van der Waals surface area contributed by atoms with E-state index in [1.165, 1.54) is 0 Å². The molecular weight excluding hydrogens is 414 g/mol. The maximum atomic E-state index is 12.5. The zero-order valence-corrected chi connectivity index (χ0v) is 17.6. The minimum atomic E-state index is -0.119. The first-order valence-electron chi connectivity index (χ1n) is 10.4. The van der Waals surface area contributed by atoms with Crippen LogP contribution in [0, 0.1) is 0 Å². The lowest BCUT2D eigenvalue weighted by molar-refractivity contribution is -0.115. The summed E-state index contributed by atoms with van der Waals surface area (Å²) in [5.41, 5.74) is 17.1. The number of amides is 1. The number of nitrogens with two attached hydrogens (primary N) is 2. The summed E-state index contributed by atoms with van der Waals surface area (Å²) in [6.45, 7) is 0. The number of anilines is 3. The van der Waals surface area contributed by atoms with Gasteiger partial charge in [0.25, 0.3) is 0 Å². The highest BCUT2D eigenvalue weighted by molar-refractivity contribution is 5.92. The van der Waals surface area contributed by atoms with E-state index >= 15 is 0 Å². The van der Waals surface area contributed by atoms with Gasteiger partial charge in [0, 0.05) is 29.5 Å². The van der Waals surface area contributed by atoms with Crippen molar-refractivity contribution in [2.75, 3.05) is 16.8 Å². The molecule has 1 amide bonds. The fraction of sp³-hybridized carbons (Fsp3) is 0.0400. The van der Waals surface area contributed by atoms with Crippen LogP contribution in [0.5, 0.6) is 0 Å². The van der Waals surface area contributed by atoms with E-state index in [-0.39, 0.29) is 12.3 Å². The number of carbonyl (C=O) groups excluding carboxylic acids is 1. The molecule has 5 rings (SSSR count). The number of nitrogens with zero attached hydrogens (tertiary/aromatic N) is 4. The van der Waals surface area contributed by atoms with Crippen molar-refractivity contribution >= 4 is 34.3 Å². The summed E-state index contributed by atoms with van der Waals surface area (Å²) in [6, 6.07) is 22.3. The zero-order chi connectivity index (χ0) is 22.8. The van der Waals surface area contributed by atoms with Crippen molar-refractivity contribution in [3.63, 3.8) is 0 Å². The number of aromatic nitrogens is 4. The van der Waals surface area contributed by atoms with Gasteiger partial charge in [-0.15, -0.1) is 0 Å². The van der Waals surface area contributed by atoms with E-state index in [1.807, 2.05) is 53.1 Å². The Kier molecular flexibility index (Phi) is 5.16. The molecule has 0 aliphatic heterocycles. The molecule has 3 heterocycles. The lowest BCUT2D eigenvalue weighted by atomic mass is 10.1. The molecule has 0 saturated heterocycles. The smallest absolute Gasteiger partial charge is 0.228 e. The lowest BCUT2D eigenvalue weighted by Crippen LogP contribution is -2.14. The molecule has 8 nitrogen and oxygen atoms in total. The van der Waals surface area contributed by atoms with Crippen molar-refractivity contribution in [1.29, 1.82) is 0 Å². The van der Waals surface area contributed by atoms with Crippen LogP contribution < -0.4 is 16.8 Å². The molecule has 0 bridgehead atoms. The molecule has 0 aliphatic rings. The first-order valence-corrected chi connectivity index (χ1v) is 10.4. The second-order valence-electron chi connectivity index (χ2n) is 7.57. The highest BCUT2D eigenvalue weighted by Crippen LogP contribution is 2.30. The number of nitrogen functional groups attached to an aromatic ring is 2. The van der Waals surface area contributed by atoms with E-state index in [2.05, 4.69) is 15.3 Å². The van der Waals surface area contributed by atoms with Gasteiger partial charge in [0.15, 0.2) is 11.5 Å². The van der Waals surface area contributed by atoms with Crippen LogP contribution in [0.15, 0.2) is 85.2 Å². The Labute approximate surface area is 189 Å². The van der Waals surface area contributed by atoms with E-state index in [9.17, 15) is 4.79 Å². The second kappa shape index (κ2) is 8.43. The quantitative estimate of drug-likeness (QED) is 0.360. The Morgan fingerprint density at radius 1 is 0.909 bits per heavy atom. The van der Waals surface area contributed by atoms with Crippen LogP contribution >= 0.6 is 0 Å². The van der Waals surface area contributed by atoms with Crippen LogP contribution in [0.25, 0.3) is 28.2 Å². The minimum absolute atomic E-state index is 0.119. The molecule has 0 atom stereocenters. The zero-order valence-electron chi connectivity index (χ0n) is 17.6. The SMILES string of the molecule is Nc1cccc(NC(=O)Cc2ccc(-n3c(-c4cccnc4N)nc4cccnc43)cc2)c1. The first-order chi connectivity index (χ1) is 16.1. The molecule has 0 aliphatic carbocycles. The van der Waals surface area contributed by atoms with Gasteiger partial charge in [0.05, 0.1) is 12.0 Å². The predicted octanol–water partition coefficient (Wildman–Crippen LogP) is 3.83. The van der Waals surface area contributed by atoms with Crippen LogP contribution in [0.2, 0.25) is 0 Å². The highest BCUT2D eigenvalue weighted by Gasteiger charge is 2.17. The standard InChI is InChI=1S/C25H21N7O/c26-17-4-1-5-18(15-17)30-22(33)14-16-8-10-19(11-9-16)32-24(20-6-2-12-28-23(20)27)31-21-7-3-13-29-25(21)32/h1-13,15H,14,26H2,(H2,27,28)(H,30,33). The Bertz CT molecular complexity index is 1460. The largest absolute Gasteiger partial charge is 0.399 e. The second-order valence-corrected chi connectivity index (χ2v) is 7.57. The summed E-state index contributed by atoms with van der Waals surface area (Å²) in [5, 5.41) is 2.87. The van der Waals surface area contributed by atoms with Gasteiger partial charge in [-0.2, -0.15) is 0 Å². The van der Waals surface area contributed by atoms with Gasteiger partial charge in [-0.25, -0.2) is 15.0 Å². The molecule has 0 unspecified atom stereocenters. The van der Waals surface area contributed by atoms with Gasteiger partial charge in [0.2, 0.25) is 5.91 Å². The number of benzene rings is 2. The van der Waals surface area contributed by atoms with Crippen LogP contribution in [-0.4, -0.2) is 25.4 Å². The summed E-state index contributed by atoms with van der Waals surface area (Å²) in [4.78, 5) is 25.9. The summed E-state index contributed by atoms with van der Waals surface area (Å²) < 4.78 is 1.94. The fourth-order valence-electron chi connectivity index (χ4n) is 3.71. The molecule has 0 spiro atoms. The molecule has 2 aromatic carbocycles. The summed E-state index contributed by atoms with van der Waals surface area (Å²) in [5.74, 6) is 0.928. The number of carbonyl (C=O) groups is 1.